The Morgan fingerprint density at radius 1 is 1.38 bits per heavy atom. The molecule has 0 aromatic heterocycles. The zero-order valence-electron chi connectivity index (χ0n) is 9.01. The van der Waals surface area contributed by atoms with Crippen LogP contribution in [0, 0.1) is 11.6 Å². The number of halogens is 2. The van der Waals surface area contributed by atoms with E-state index >= 15 is 0 Å². The molecule has 0 radical (unpaired) electrons. The fourth-order valence-electron chi connectivity index (χ4n) is 1.27. The largest absolute Gasteiger partial charge is 0.502 e. The summed E-state index contributed by atoms with van der Waals surface area (Å²) in [6.45, 7) is 4.99. The lowest BCUT2D eigenvalue weighted by atomic mass is 10.2. The van der Waals surface area contributed by atoms with Crippen molar-refractivity contribution in [3.63, 3.8) is 0 Å². The van der Waals surface area contributed by atoms with Gasteiger partial charge in [0.25, 0.3) is 0 Å². The van der Waals surface area contributed by atoms with E-state index < -0.39 is 11.6 Å². The summed E-state index contributed by atoms with van der Waals surface area (Å²) >= 11 is 0. The third-order valence-electron chi connectivity index (χ3n) is 2.06. The Bertz CT molecular complexity index is 342. The summed E-state index contributed by atoms with van der Waals surface area (Å²) < 4.78 is 30.9. The molecule has 1 aromatic carbocycles. The van der Waals surface area contributed by atoms with E-state index in [-0.39, 0.29) is 0 Å². The average Bonchev–Trinajstić information content (AvgIpc) is 2.28. The van der Waals surface area contributed by atoms with E-state index in [1.165, 1.54) is 12.3 Å². The monoisotopic (exact) mass is 227 g/mol. The first kappa shape index (κ1) is 12.6. The molecular formula is C12H15F2NO. The minimum atomic E-state index is -0.423. The van der Waals surface area contributed by atoms with Gasteiger partial charge >= 0.3 is 0 Å². The molecule has 4 heteroatoms. The second-order valence-corrected chi connectivity index (χ2v) is 3.30. The fraction of sp³-hybridized carbons (Fsp3) is 0.333. The Hall–Kier alpha value is -1.42. The molecule has 88 valence electrons. The lowest BCUT2D eigenvalue weighted by Crippen LogP contribution is -2.17. The van der Waals surface area contributed by atoms with Crippen molar-refractivity contribution in [2.45, 2.75) is 13.0 Å². The summed E-state index contributed by atoms with van der Waals surface area (Å²) in [6.07, 6.45) is 2.18. The van der Waals surface area contributed by atoms with Crippen molar-refractivity contribution in [2.24, 2.45) is 0 Å². The van der Waals surface area contributed by atoms with Gasteiger partial charge in [-0.05, 0) is 31.2 Å². The maximum atomic E-state index is 13.2. The summed E-state index contributed by atoms with van der Waals surface area (Å²) in [5.74, 6) is -0.815. The van der Waals surface area contributed by atoms with E-state index in [9.17, 15) is 8.78 Å². The quantitative estimate of drug-likeness (QED) is 0.571. The molecule has 2 nitrogen and oxygen atoms in total. The van der Waals surface area contributed by atoms with Crippen LogP contribution in [0.15, 0.2) is 31.0 Å². The molecule has 0 unspecified atom stereocenters. The lowest BCUT2D eigenvalue weighted by molar-refractivity contribution is 0.244. The van der Waals surface area contributed by atoms with Crippen LogP contribution in [0.25, 0.3) is 0 Å². The highest BCUT2D eigenvalue weighted by molar-refractivity contribution is 5.18. The number of hydrogen-bond donors (Lipinski definition) is 1. The standard InChI is InChI=1S/C12H15F2NO/c1-2-16-7-3-6-15-9-10-8-11(13)4-5-12(10)14/h2,4-5,8,15H,1,3,6-7,9H2. The summed E-state index contributed by atoms with van der Waals surface area (Å²) in [7, 11) is 0. The van der Waals surface area contributed by atoms with Crippen LogP contribution in [0.1, 0.15) is 12.0 Å². The number of ether oxygens (including phenoxy) is 1. The number of nitrogens with one attached hydrogen (secondary N) is 1. The zero-order valence-corrected chi connectivity index (χ0v) is 9.01. The number of rotatable bonds is 7. The number of hydrogen-bond acceptors (Lipinski definition) is 2. The molecule has 1 N–H and O–H groups in total. The van der Waals surface area contributed by atoms with Crippen LogP contribution >= 0.6 is 0 Å². The predicted molar refractivity (Wildman–Crippen MR) is 58.8 cm³/mol. The van der Waals surface area contributed by atoms with Gasteiger partial charge in [0.2, 0.25) is 0 Å². The van der Waals surface area contributed by atoms with Crippen molar-refractivity contribution < 1.29 is 13.5 Å². The fourth-order valence-corrected chi connectivity index (χ4v) is 1.27. The van der Waals surface area contributed by atoms with Crippen LogP contribution in [0.4, 0.5) is 8.78 Å². The highest BCUT2D eigenvalue weighted by Gasteiger charge is 2.02. The molecule has 0 bridgehead atoms. The predicted octanol–water partition coefficient (Wildman–Crippen LogP) is 2.60. The summed E-state index contributed by atoms with van der Waals surface area (Å²) in [4.78, 5) is 0. The topological polar surface area (TPSA) is 21.3 Å². The average molecular weight is 227 g/mol. The second-order valence-electron chi connectivity index (χ2n) is 3.30. The first-order valence-corrected chi connectivity index (χ1v) is 5.11. The minimum absolute atomic E-state index is 0.317. The summed E-state index contributed by atoms with van der Waals surface area (Å²) in [6, 6.07) is 3.44. The van der Waals surface area contributed by atoms with Gasteiger partial charge < -0.3 is 10.1 Å². The molecule has 0 spiro atoms. The highest BCUT2D eigenvalue weighted by Crippen LogP contribution is 2.08. The Morgan fingerprint density at radius 2 is 2.19 bits per heavy atom. The van der Waals surface area contributed by atoms with Gasteiger partial charge in [0.05, 0.1) is 12.9 Å². The van der Waals surface area contributed by atoms with Crippen LogP contribution in [-0.4, -0.2) is 13.2 Å². The highest BCUT2D eigenvalue weighted by atomic mass is 19.1. The third-order valence-corrected chi connectivity index (χ3v) is 2.06. The van der Waals surface area contributed by atoms with E-state index in [2.05, 4.69) is 11.9 Å². The first-order valence-electron chi connectivity index (χ1n) is 5.11. The summed E-state index contributed by atoms with van der Waals surface area (Å²) in [5.41, 5.74) is 0.338. The third kappa shape index (κ3) is 4.40. The van der Waals surface area contributed by atoms with Crippen LogP contribution in [0.5, 0.6) is 0 Å². The molecule has 0 aliphatic rings. The van der Waals surface area contributed by atoms with Crippen molar-refractivity contribution in [3.8, 4) is 0 Å². The van der Waals surface area contributed by atoms with E-state index in [0.29, 0.717) is 25.3 Å². The van der Waals surface area contributed by atoms with Crippen LogP contribution in [-0.2, 0) is 11.3 Å². The smallest absolute Gasteiger partial charge is 0.127 e. The van der Waals surface area contributed by atoms with Crippen molar-refractivity contribution in [1.29, 1.82) is 0 Å². The Morgan fingerprint density at radius 3 is 2.94 bits per heavy atom. The molecule has 0 saturated carbocycles. The van der Waals surface area contributed by atoms with E-state index in [0.717, 1.165) is 18.6 Å². The van der Waals surface area contributed by atoms with E-state index in [4.69, 9.17) is 4.74 Å². The van der Waals surface area contributed by atoms with E-state index in [1.807, 2.05) is 0 Å². The molecule has 0 aliphatic carbocycles. The molecule has 0 aliphatic heterocycles. The van der Waals surface area contributed by atoms with Gasteiger partial charge in [0.1, 0.15) is 11.6 Å². The second kappa shape index (κ2) is 6.95. The van der Waals surface area contributed by atoms with E-state index in [1.54, 1.807) is 0 Å². The van der Waals surface area contributed by atoms with Crippen molar-refractivity contribution in [1.82, 2.24) is 5.32 Å². The van der Waals surface area contributed by atoms with Crippen molar-refractivity contribution in [3.05, 3.63) is 48.2 Å². The molecule has 1 rings (SSSR count). The Balaban J connectivity index is 2.26. The zero-order chi connectivity index (χ0) is 11.8. The van der Waals surface area contributed by atoms with Gasteiger partial charge in [-0.25, -0.2) is 8.78 Å². The molecular weight excluding hydrogens is 212 g/mol. The molecule has 0 fully saturated rings. The molecule has 0 amide bonds. The lowest BCUT2D eigenvalue weighted by Gasteiger charge is -2.06. The van der Waals surface area contributed by atoms with Crippen LogP contribution in [0.3, 0.4) is 0 Å². The van der Waals surface area contributed by atoms with Gasteiger partial charge in [0.15, 0.2) is 0 Å². The van der Waals surface area contributed by atoms with Crippen molar-refractivity contribution >= 4 is 0 Å². The van der Waals surface area contributed by atoms with Crippen LogP contribution < -0.4 is 5.32 Å². The van der Waals surface area contributed by atoms with Gasteiger partial charge in [-0.2, -0.15) is 0 Å². The molecule has 0 heterocycles. The number of benzene rings is 1. The van der Waals surface area contributed by atoms with Gasteiger partial charge in [-0.1, -0.05) is 6.58 Å². The van der Waals surface area contributed by atoms with Crippen LogP contribution in [0.2, 0.25) is 0 Å². The Labute approximate surface area is 93.9 Å². The Kier molecular flexibility index (Phi) is 5.50. The normalized spacial score (nSPS) is 10.1. The van der Waals surface area contributed by atoms with Gasteiger partial charge in [0, 0.05) is 12.1 Å². The SMILES string of the molecule is C=COCCCNCc1cc(F)ccc1F. The molecule has 16 heavy (non-hydrogen) atoms. The minimum Gasteiger partial charge on any atom is -0.502 e. The summed E-state index contributed by atoms with van der Waals surface area (Å²) in [5, 5.41) is 3.01. The van der Waals surface area contributed by atoms with Gasteiger partial charge in [-0.3, -0.25) is 0 Å². The maximum absolute atomic E-state index is 13.2. The molecule has 0 atom stereocenters. The molecule has 1 aromatic rings. The van der Waals surface area contributed by atoms with Gasteiger partial charge in [-0.15, -0.1) is 0 Å². The first-order chi connectivity index (χ1) is 7.74. The maximum Gasteiger partial charge on any atom is 0.127 e. The van der Waals surface area contributed by atoms with Crippen molar-refractivity contribution in [2.75, 3.05) is 13.2 Å². The molecule has 0 saturated heterocycles.